The van der Waals surface area contributed by atoms with Gasteiger partial charge in [-0.1, -0.05) is 0 Å². The molecule has 4 aromatic rings. The normalized spacial score (nSPS) is 11.8. The molecular formula is C24H18F6N6OS. The number of benzene rings is 2. The lowest BCUT2D eigenvalue weighted by Crippen LogP contribution is -2.31. The highest BCUT2D eigenvalue weighted by molar-refractivity contribution is 7.80. The zero-order valence-electron chi connectivity index (χ0n) is 19.4. The van der Waals surface area contributed by atoms with Gasteiger partial charge in [0.05, 0.1) is 23.1 Å². The highest BCUT2D eigenvalue weighted by atomic mass is 32.1. The Morgan fingerprint density at radius 3 is 2.24 bits per heavy atom. The first-order chi connectivity index (χ1) is 17.8. The Hall–Kier alpha value is -4.33. The topological polar surface area (TPSA) is 92.1 Å². The summed E-state index contributed by atoms with van der Waals surface area (Å²) in [7, 11) is 1.62. The fraction of sp³-hybridized carbons (Fsp3) is 0.125. The molecule has 0 saturated carbocycles. The number of halogens is 6. The number of nitrogens with one attached hydrogen (secondary N) is 2. The predicted octanol–water partition coefficient (Wildman–Crippen LogP) is 6.72. The van der Waals surface area contributed by atoms with Crippen LogP contribution in [0.5, 0.6) is 11.5 Å². The SMILES string of the molecule is CN(C(=S)Nc1ccc(C(F)(F)F)cc1)c1ccc(Oc2ccnc(-c3ncc(C(F)(F)F)[nH]3)c2)cc1N. The molecule has 0 unspecified atom stereocenters. The summed E-state index contributed by atoms with van der Waals surface area (Å²) in [5, 5.41) is 3.03. The molecule has 0 atom stereocenters. The predicted molar refractivity (Wildman–Crippen MR) is 134 cm³/mol. The Bertz CT molecular complexity index is 1450. The second-order valence-electron chi connectivity index (χ2n) is 7.91. The summed E-state index contributed by atoms with van der Waals surface area (Å²) in [6.45, 7) is 0. The Labute approximate surface area is 217 Å². The standard InChI is InChI=1S/C24H18F6N6OS/c1-36(22(38)34-14-4-2-13(3-5-14)23(25,26)27)19-7-6-15(10-17(19)31)37-16-8-9-32-18(11-16)21-33-12-20(35-21)24(28,29)30/h2-12H,31H2,1H3,(H,33,35)(H,34,38). The number of ether oxygens (including phenoxy) is 1. The van der Waals surface area contributed by atoms with Gasteiger partial charge in [-0.05, 0) is 54.7 Å². The fourth-order valence-corrected chi connectivity index (χ4v) is 3.51. The maximum atomic E-state index is 12.8. The lowest BCUT2D eigenvalue weighted by atomic mass is 10.2. The van der Waals surface area contributed by atoms with Gasteiger partial charge in [0, 0.05) is 31.1 Å². The molecule has 0 fully saturated rings. The van der Waals surface area contributed by atoms with Gasteiger partial charge in [-0.25, -0.2) is 4.98 Å². The van der Waals surface area contributed by atoms with E-state index in [0.29, 0.717) is 23.3 Å². The van der Waals surface area contributed by atoms with Crippen LogP contribution in [0.3, 0.4) is 0 Å². The lowest BCUT2D eigenvalue weighted by Gasteiger charge is -2.23. The highest BCUT2D eigenvalue weighted by Crippen LogP contribution is 2.33. The number of nitrogens with zero attached hydrogens (tertiary/aromatic N) is 3. The first-order valence-electron chi connectivity index (χ1n) is 10.7. The molecule has 0 amide bonds. The number of nitrogens with two attached hydrogens (primary N) is 1. The Morgan fingerprint density at radius 2 is 1.63 bits per heavy atom. The smallest absolute Gasteiger partial charge is 0.432 e. The van der Waals surface area contributed by atoms with Crippen LogP contribution in [0.2, 0.25) is 0 Å². The Kier molecular flexibility index (Phi) is 7.18. The van der Waals surface area contributed by atoms with E-state index in [1.807, 2.05) is 0 Å². The minimum absolute atomic E-state index is 0.0756. The largest absolute Gasteiger partial charge is 0.457 e. The van der Waals surface area contributed by atoms with Crippen LogP contribution in [0.1, 0.15) is 11.3 Å². The van der Waals surface area contributed by atoms with Crippen molar-refractivity contribution in [2.24, 2.45) is 0 Å². The second kappa shape index (κ2) is 10.2. The second-order valence-corrected chi connectivity index (χ2v) is 8.29. The maximum Gasteiger partial charge on any atom is 0.432 e. The van der Waals surface area contributed by atoms with Crippen molar-refractivity contribution in [3.63, 3.8) is 0 Å². The molecule has 0 saturated heterocycles. The Morgan fingerprint density at radius 1 is 0.947 bits per heavy atom. The summed E-state index contributed by atoms with van der Waals surface area (Å²) in [5.41, 5.74) is 5.66. The van der Waals surface area contributed by atoms with E-state index in [9.17, 15) is 26.3 Å². The molecule has 4 N–H and O–H groups in total. The van der Waals surface area contributed by atoms with Gasteiger partial charge in [0.15, 0.2) is 10.9 Å². The van der Waals surface area contributed by atoms with Crippen molar-refractivity contribution >= 4 is 34.4 Å². The van der Waals surface area contributed by atoms with Crippen molar-refractivity contribution in [2.45, 2.75) is 12.4 Å². The third-order valence-electron chi connectivity index (χ3n) is 5.22. The van der Waals surface area contributed by atoms with E-state index in [1.54, 1.807) is 19.2 Å². The van der Waals surface area contributed by atoms with Gasteiger partial charge in [-0.15, -0.1) is 0 Å². The first kappa shape index (κ1) is 26.7. The highest BCUT2D eigenvalue weighted by Gasteiger charge is 2.33. The Balaban J connectivity index is 1.44. The summed E-state index contributed by atoms with van der Waals surface area (Å²) in [6.07, 6.45) is -6.97. The third-order valence-corrected chi connectivity index (χ3v) is 5.60. The van der Waals surface area contributed by atoms with Crippen molar-refractivity contribution in [2.75, 3.05) is 23.0 Å². The summed E-state index contributed by atoms with van der Waals surface area (Å²) in [4.78, 5) is 11.5. The van der Waals surface area contributed by atoms with Crippen molar-refractivity contribution in [1.29, 1.82) is 0 Å². The van der Waals surface area contributed by atoms with Gasteiger partial charge in [0.2, 0.25) is 0 Å². The van der Waals surface area contributed by atoms with E-state index >= 15 is 0 Å². The molecule has 7 nitrogen and oxygen atoms in total. The third kappa shape index (κ3) is 6.14. The molecule has 0 bridgehead atoms. The molecule has 0 aliphatic rings. The van der Waals surface area contributed by atoms with Gasteiger partial charge in [-0.3, -0.25) is 4.98 Å². The summed E-state index contributed by atoms with van der Waals surface area (Å²) < 4.78 is 82.6. The number of imidazole rings is 1. The summed E-state index contributed by atoms with van der Waals surface area (Å²) in [6, 6.07) is 12.1. The number of aromatic nitrogens is 3. The van der Waals surface area contributed by atoms with E-state index < -0.39 is 23.6 Å². The average molecular weight is 553 g/mol. The van der Waals surface area contributed by atoms with Crippen LogP contribution in [0.15, 0.2) is 67.0 Å². The van der Waals surface area contributed by atoms with E-state index in [4.69, 9.17) is 22.7 Å². The maximum absolute atomic E-state index is 12.8. The minimum Gasteiger partial charge on any atom is -0.457 e. The van der Waals surface area contributed by atoms with Crippen LogP contribution in [0.25, 0.3) is 11.5 Å². The molecule has 0 aliphatic carbocycles. The number of rotatable bonds is 5. The number of alkyl halides is 6. The number of hydrogen-bond acceptors (Lipinski definition) is 5. The average Bonchev–Trinajstić information content (AvgIpc) is 3.35. The summed E-state index contributed by atoms with van der Waals surface area (Å²) >= 11 is 5.35. The fourth-order valence-electron chi connectivity index (χ4n) is 3.30. The van der Waals surface area contributed by atoms with Crippen molar-refractivity contribution in [3.05, 3.63) is 78.2 Å². The molecule has 2 heterocycles. The van der Waals surface area contributed by atoms with E-state index in [-0.39, 0.29) is 28.1 Å². The van der Waals surface area contributed by atoms with Crippen molar-refractivity contribution in [1.82, 2.24) is 15.0 Å². The molecule has 0 spiro atoms. The minimum atomic E-state index is -4.57. The van der Waals surface area contributed by atoms with Crippen LogP contribution in [-0.4, -0.2) is 27.1 Å². The molecule has 4 rings (SSSR count). The van der Waals surface area contributed by atoms with Gasteiger partial charge in [0.1, 0.15) is 22.9 Å². The number of pyridine rings is 1. The van der Waals surface area contributed by atoms with Gasteiger partial charge >= 0.3 is 12.4 Å². The summed E-state index contributed by atoms with van der Waals surface area (Å²) in [5.74, 6) is 0.530. The van der Waals surface area contributed by atoms with Crippen molar-refractivity contribution in [3.8, 4) is 23.0 Å². The van der Waals surface area contributed by atoms with Crippen LogP contribution in [-0.2, 0) is 12.4 Å². The number of H-pyrrole nitrogens is 1. The molecule has 38 heavy (non-hydrogen) atoms. The van der Waals surface area contributed by atoms with E-state index in [2.05, 4.69) is 20.3 Å². The van der Waals surface area contributed by atoms with E-state index in [0.717, 1.165) is 12.1 Å². The van der Waals surface area contributed by atoms with Gasteiger partial charge < -0.3 is 25.7 Å². The quantitative estimate of drug-likeness (QED) is 0.144. The number of thiocarbonyl (C=S) groups is 1. The number of aromatic amines is 1. The molecule has 0 radical (unpaired) electrons. The molecule has 198 valence electrons. The number of hydrogen-bond donors (Lipinski definition) is 3. The molecular weight excluding hydrogens is 534 g/mol. The van der Waals surface area contributed by atoms with Crippen LogP contribution in [0, 0.1) is 0 Å². The van der Waals surface area contributed by atoms with Gasteiger partial charge in [0.25, 0.3) is 0 Å². The monoisotopic (exact) mass is 552 g/mol. The van der Waals surface area contributed by atoms with Gasteiger partial charge in [-0.2, -0.15) is 26.3 Å². The van der Waals surface area contributed by atoms with Crippen LogP contribution < -0.4 is 20.7 Å². The molecule has 2 aromatic heterocycles. The lowest BCUT2D eigenvalue weighted by molar-refractivity contribution is -0.141. The molecule has 14 heteroatoms. The molecule has 2 aromatic carbocycles. The van der Waals surface area contributed by atoms with Crippen LogP contribution in [0.4, 0.5) is 43.4 Å². The zero-order chi connectivity index (χ0) is 27.7. The van der Waals surface area contributed by atoms with Crippen LogP contribution >= 0.6 is 12.2 Å². The molecule has 0 aliphatic heterocycles. The van der Waals surface area contributed by atoms with Crippen molar-refractivity contribution < 1.29 is 31.1 Å². The first-order valence-corrected chi connectivity index (χ1v) is 11.1. The van der Waals surface area contributed by atoms with E-state index in [1.165, 1.54) is 41.4 Å². The zero-order valence-corrected chi connectivity index (χ0v) is 20.2. The number of anilines is 3. The number of nitrogen functional groups attached to an aromatic ring is 1.